The molecule has 4 heteroatoms. The minimum absolute atomic E-state index is 0.148. The first kappa shape index (κ1) is 15.1. The van der Waals surface area contributed by atoms with Gasteiger partial charge < -0.3 is 0 Å². The van der Waals surface area contributed by atoms with Crippen molar-refractivity contribution in [3.63, 3.8) is 0 Å². The van der Waals surface area contributed by atoms with Crippen molar-refractivity contribution in [1.82, 2.24) is 10.4 Å². The highest BCUT2D eigenvalue weighted by Gasteiger charge is 2.64. The van der Waals surface area contributed by atoms with Crippen molar-refractivity contribution in [3.05, 3.63) is 0 Å². The lowest BCUT2D eigenvalue weighted by atomic mass is 9.59. The third kappa shape index (κ3) is 2.02. The maximum atomic E-state index is 5.17. The van der Waals surface area contributed by atoms with Crippen LogP contribution in [-0.2, 0) is 0 Å². The topological polar surface area (TPSA) is 32.7 Å². The van der Waals surface area contributed by atoms with Crippen LogP contribution in [0.5, 0.6) is 0 Å². The van der Waals surface area contributed by atoms with E-state index >= 15 is 0 Å². The summed E-state index contributed by atoms with van der Waals surface area (Å²) in [5.41, 5.74) is 5.46. The van der Waals surface area contributed by atoms with E-state index in [4.69, 9.17) is 10.5 Å². The molecule has 2 aliphatic carbocycles. The number of hydrogen-bond acceptors (Lipinski definition) is 2. The van der Waals surface area contributed by atoms with E-state index in [1.807, 2.05) is 0 Å². The van der Waals surface area contributed by atoms with Crippen molar-refractivity contribution >= 4 is 0 Å². The van der Waals surface area contributed by atoms with Crippen LogP contribution in [0.4, 0.5) is 0 Å². The summed E-state index contributed by atoms with van der Waals surface area (Å²) in [7, 11) is 0. The van der Waals surface area contributed by atoms with E-state index in [-0.39, 0.29) is 11.1 Å². The lowest BCUT2D eigenvalue weighted by Gasteiger charge is -2.61. The summed E-state index contributed by atoms with van der Waals surface area (Å²) in [4.78, 5) is 0. The summed E-state index contributed by atoms with van der Waals surface area (Å²) in [6.45, 7) is 13.9. The Hall–Kier alpha value is -0.480. The van der Waals surface area contributed by atoms with E-state index in [1.54, 1.807) is 0 Å². The Bertz CT molecular complexity index is 498. The average Bonchev–Trinajstić information content (AvgIpc) is 2.46. The summed E-state index contributed by atoms with van der Waals surface area (Å²) in [6.07, 6.45) is 5.22. The molecule has 4 fully saturated rings. The second-order valence-electron chi connectivity index (χ2n) is 9.84. The molecule has 6 rings (SSSR count). The molecule has 4 nitrogen and oxygen atoms in total. The Balaban J connectivity index is 1.73. The van der Waals surface area contributed by atoms with Crippen LogP contribution in [0.1, 0.15) is 67.2 Å². The number of fused-ring (bicyclic) bond motifs is 3. The molecule has 0 spiro atoms. The molecule has 22 heavy (non-hydrogen) atoms. The largest absolute Gasteiger partial charge is 0.218 e. The quantitative estimate of drug-likeness (QED) is 0.633. The Morgan fingerprint density at radius 2 is 1.55 bits per heavy atom. The molecular formula is C18H32N4+. The molecule has 6 aliphatic rings. The molecule has 6 atom stereocenters. The third-order valence-electron chi connectivity index (χ3n) is 6.29. The van der Waals surface area contributed by atoms with Gasteiger partial charge in [-0.05, 0) is 45.1 Å². The van der Waals surface area contributed by atoms with E-state index in [1.165, 1.54) is 25.7 Å². The fourth-order valence-electron chi connectivity index (χ4n) is 5.66. The van der Waals surface area contributed by atoms with Gasteiger partial charge in [0.25, 0.3) is 0 Å². The highest BCUT2D eigenvalue weighted by Crippen LogP contribution is 2.52. The average molecular weight is 304 g/mol. The van der Waals surface area contributed by atoms with Crippen LogP contribution >= 0.6 is 0 Å². The highest BCUT2D eigenvalue weighted by molar-refractivity contribution is 5.10. The molecule has 0 aromatic heterocycles. The summed E-state index contributed by atoms with van der Waals surface area (Å²) in [6, 6.07) is 2.30. The number of nitrogens with zero attached hydrogens (tertiary/aromatic N) is 4. The molecule has 0 unspecified atom stereocenters. The zero-order chi connectivity index (χ0) is 15.9. The molecule has 4 bridgehead atoms. The fraction of sp³-hybridized carbons (Fsp3) is 1.00. The number of rotatable bonds is 0. The molecule has 4 aliphatic heterocycles. The summed E-state index contributed by atoms with van der Waals surface area (Å²) < 4.78 is 2.48. The van der Waals surface area contributed by atoms with Crippen LogP contribution in [0.3, 0.4) is 0 Å². The molecule has 0 amide bonds. The predicted octanol–water partition coefficient (Wildman–Crippen LogP) is 3.19. The zero-order valence-corrected chi connectivity index (χ0v) is 15.1. The Labute approximate surface area is 135 Å². The molecule has 2 saturated heterocycles. The summed E-state index contributed by atoms with van der Waals surface area (Å²) in [5, 5.41) is 7.64. The fourth-order valence-corrected chi connectivity index (χ4v) is 5.66. The van der Waals surface area contributed by atoms with Crippen molar-refractivity contribution in [2.45, 2.75) is 102 Å². The van der Waals surface area contributed by atoms with E-state index < -0.39 is 0 Å². The molecule has 0 aromatic carbocycles. The van der Waals surface area contributed by atoms with Gasteiger partial charge in [0.1, 0.15) is 6.04 Å². The van der Waals surface area contributed by atoms with Crippen molar-refractivity contribution in [3.8, 4) is 0 Å². The van der Waals surface area contributed by atoms with Crippen molar-refractivity contribution in [2.24, 2.45) is 17.0 Å². The molecule has 0 N–H and O–H groups in total. The molecular weight excluding hydrogens is 272 g/mol. The number of azo groups is 2. The van der Waals surface area contributed by atoms with E-state index in [2.05, 4.69) is 51.2 Å². The normalized spacial score (nSPS) is 44.9. The van der Waals surface area contributed by atoms with Gasteiger partial charge in [-0.25, -0.2) is 5.01 Å². The van der Waals surface area contributed by atoms with Gasteiger partial charge in [-0.15, -0.1) is 4.70 Å². The SMILES string of the molecule is CC(C)(C)N1[N][C@H]2CC[C@@H]1[C@@H]1[C@H]2[C@H]2CC[C@@H]1[N+](C(C)(C)C)=N2. The van der Waals surface area contributed by atoms with Crippen LogP contribution in [0, 0.1) is 11.8 Å². The van der Waals surface area contributed by atoms with Gasteiger partial charge >= 0.3 is 0 Å². The predicted molar refractivity (Wildman–Crippen MR) is 86.8 cm³/mol. The van der Waals surface area contributed by atoms with Gasteiger partial charge in [-0.2, -0.15) is 5.43 Å². The Morgan fingerprint density at radius 1 is 0.864 bits per heavy atom. The number of hydrogen-bond donors (Lipinski definition) is 0. The van der Waals surface area contributed by atoms with Gasteiger partial charge in [-0.3, -0.25) is 0 Å². The van der Waals surface area contributed by atoms with Crippen LogP contribution in [-0.4, -0.2) is 45.0 Å². The second-order valence-corrected chi connectivity index (χ2v) is 9.84. The van der Waals surface area contributed by atoms with Crippen LogP contribution in [0.25, 0.3) is 0 Å². The second kappa shape index (κ2) is 4.54. The first-order valence-corrected chi connectivity index (χ1v) is 9.18. The zero-order valence-electron chi connectivity index (χ0n) is 15.1. The molecule has 123 valence electrons. The minimum Gasteiger partial charge on any atom is -0.218 e. The van der Waals surface area contributed by atoms with Crippen LogP contribution < -0.4 is 5.43 Å². The minimum atomic E-state index is 0.148. The smallest absolute Gasteiger partial charge is 0.183 e. The molecule has 0 aromatic rings. The van der Waals surface area contributed by atoms with Gasteiger partial charge in [0.2, 0.25) is 0 Å². The van der Waals surface area contributed by atoms with Crippen LogP contribution in [0.2, 0.25) is 0 Å². The van der Waals surface area contributed by atoms with Gasteiger partial charge in [0.15, 0.2) is 11.6 Å². The molecule has 2 saturated carbocycles. The first-order valence-electron chi connectivity index (χ1n) is 9.18. The lowest BCUT2D eigenvalue weighted by Crippen LogP contribution is -2.74. The van der Waals surface area contributed by atoms with Crippen molar-refractivity contribution in [2.75, 3.05) is 0 Å². The lowest BCUT2D eigenvalue weighted by molar-refractivity contribution is -0.714. The Morgan fingerprint density at radius 3 is 2.18 bits per heavy atom. The van der Waals surface area contributed by atoms with Crippen molar-refractivity contribution in [1.29, 1.82) is 0 Å². The van der Waals surface area contributed by atoms with Gasteiger partial charge in [0, 0.05) is 56.7 Å². The highest BCUT2D eigenvalue weighted by atomic mass is 15.6. The summed E-state index contributed by atoms with van der Waals surface area (Å²) in [5.74, 6) is 1.49. The standard InChI is InChI=1S/C18H32N4/c1-17(2,3)21-13-9-7-11(19-21)15-12-8-10-14(16(13)15)22(20-12)18(4,5)6/h11-16H,7-10H2,1-6H3/q+1/t11-,12+,13+,14-,15+,16-. The maximum absolute atomic E-state index is 5.17. The van der Waals surface area contributed by atoms with Gasteiger partial charge in [-0.1, -0.05) is 0 Å². The van der Waals surface area contributed by atoms with E-state index in [0.29, 0.717) is 24.2 Å². The van der Waals surface area contributed by atoms with E-state index in [9.17, 15) is 0 Å². The summed E-state index contributed by atoms with van der Waals surface area (Å²) >= 11 is 0. The Kier molecular flexibility index (Phi) is 3.11. The first-order chi connectivity index (χ1) is 10.2. The van der Waals surface area contributed by atoms with Crippen LogP contribution in [0.15, 0.2) is 5.11 Å². The van der Waals surface area contributed by atoms with Crippen molar-refractivity contribution < 1.29 is 4.70 Å². The van der Waals surface area contributed by atoms with E-state index in [0.717, 1.165) is 11.8 Å². The maximum Gasteiger partial charge on any atom is 0.183 e. The molecule has 4 heterocycles. The monoisotopic (exact) mass is 304 g/mol. The third-order valence-corrected chi connectivity index (χ3v) is 6.29. The van der Waals surface area contributed by atoms with Gasteiger partial charge in [0.05, 0.1) is 0 Å². The molecule has 1 radical (unpaired) electrons.